The lowest BCUT2D eigenvalue weighted by molar-refractivity contribution is 0.192. The van der Waals surface area contributed by atoms with E-state index >= 15 is 0 Å². The van der Waals surface area contributed by atoms with Crippen molar-refractivity contribution in [3.05, 3.63) is 101 Å². The van der Waals surface area contributed by atoms with Gasteiger partial charge in [-0.15, -0.1) is 5.10 Å². The van der Waals surface area contributed by atoms with Crippen LogP contribution in [-0.2, 0) is 19.6 Å². The molecule has 0 saturated carbocycles. The molecular formula is C25H23N7O. The minimum absolute atomic E-state index is 0.169. The van der Waals surface area contributed by atoms with E-state index in [1.807, 2.05) is 67.6 Å². The van der Waals surface area contributed by atoms with Crippen LogP contribution in [0, 0.1) is 6.92 Å². The second-order valence-corrected chi connectivity index (χ2v) is 7.96. The zero-order valence-electron chi connectivity index (χ0n) is 18.2. The van der Waals surface area contributed by atoms with Crippen LogP contribution in [0.2, 0.25) is 0 Å². The maximum atomic E-state index is 13.3. The molecule has 0 spiro atoms. The molecule has 33 heavy (non-hydrogen) atoms. The Kier molecular flexibility index (Phi) is 5.63. The molecule has 8 nitrogen and oxygen atoms in total. The van der Waals surface area contributed by atoms with Gasteiger partial charge in [-0.05, 0) is 46.2 Å². The molecule has 3 aromatic heterocycles. The van der Waals surface area contributed by atoms with Gasteiger partial charge in [0.15, 0.2) is 5.65 Å². The van der Waals surface area contributed by atoms with Crippen LogP contribution >= 0.6 is 0 Å². The molecule has 0 aliphatic rings. The quantitative estimate of drug-likeness (QED) is 0.435. The summed E-state index contributed by atoms with van der Waals surface area (Å²) in [6.45, 7) is 3.24. The third-order valence-electron chi connectivity index (χ3n) is 5.60. The Morgan fingerprint density at radius 3 is 2.67 bits per heavy atom. The summed E-state index contributed by atoms with van der Waals surface area (Å²) in [6, 6.07) is 21.7. The number of urea groups is 1. The number of fused-ring (bicyclic) bond motifs is 3. The van der Waals surface area contributed by atoms with Gasteiger partial charge in [-0.25, -0.2) is 4.79 Å². The van der Waals surface area contributed by atoms with Crippen LogP contribution in [0.5, 0.6) is 0 Å². The number of benzene rings is 2. The normalized spacial score (nSPS) is 11.1. The van der Waals surface area contributed by atoms with Crippen molar-refractivity contribution >= 4 is 22.6 Å². The summed E-state index contributed by atoms with van der Waals surface area (Å²) in [6.07, 6.45) is 3.50. The topological polar surface area (TPSA) is 88.3 Å². The zero-order valence-corrected chi connectivity index (χ0v) is 18.2. The van der Waals surface area contributed by atoms with Crippen LogP contribution in [0.4, 0.5) is 4.79 Å². The Hall–Kier alpha value is -4.33. The molecule has 2 aromatic carbocycles. The molecule has 0 fully saturated rings. The minimum atomic E-state index is -0.169. The van der Waals surface area contributed by atoms with E-state index in [1.54, 1.807) is 21.8 Å². The monoisotopic (exact) mass is 437 g/mol. The van der Waals surface area contributed by atoms with Crippen LogP contribution in [0.25, 0.3) is 16.6 Å². The molecular weight excluding hydrogens is 414 g/mol. The Balaban J connectivity index is 1.48. The number of pyridine rings is 2. The van der Waals surface area contributed by atoms with Crippen LogP contribution in [0.3, 0.4) is 0 Å². The highest BCUT2D eigenvalue weighted by Crippen LogP contribution is 2.23. The van der Waals surface area contributed by atoms with Gasteiger partial charge in [0.05, 0.1) is 12.1 Å². The number of para-hydroxylation sites is 1. The van der Waals surface area contributed by atoms with Crippen LogP contribution < -0.4 is 5.32 Å². The number of rotatable bonds is 6. The zero-order chi connectivity index (χ0) is 22.6. The third-order valence-corrected chi connectivity index (χ3v) is 5.60. The molecule has 164 valence electrons. The fraction of sp³-hybridized carbons (Fsp3) is 0.160. The predicted octanol–water partition coefficient (Wildman–Crippen LogP) is 3.89. The van der Waals surface area contributed by atoms with E-state index < -0.39 is 0 Å². The highest BCUT2D eigenvalue weighted by atomic mass is 16.2. The van der Waals surface area contributed by atoms with Gasteiger partial charge in [0.25, 0.3) is 0 Å². The Bertz CT molecular complexity index is 1400. The van der Waals surface area contributed by atoms with Gasteiger partial charge in [0.1, 0.15) is 0 Å². The number of nitrogens with one attached hydrogen (secondary N) is 1. The first-order chi connectivity index (χ1) is 16.2. The van der Waals surface area contributed by atoms with Crippen molar-refractivity contribution < 1.29 is 4.79 Å². The van der Waals surface area contributed by atoms with Crippen molar-refractivity contribution in [1.82, 2.24) is 35.2 Å². The van der Waals surface area contributed by atoms with E-state index in [-0.39, 0.29) is 6.03 Å². The van der Waals surface area contributed by atoms with Crippen molar-refractivity contribution in [2.75, 3.05) is 0 Å². The van der Waals surface area contributed by atoms with Crippen molar-refractivity contribution in [1.29, 1.82) is 0 Å². The summed E-state index contributed by atoms with van der Waals surface area (Å²) in [5.74, 6) is 0. The fourth-order valence-electron chi connectivity index (χ4n) is 4.00. The molecule has 0 saturated heterocycles. The fourth-order valence-corrected chi connectivity index (χ4v) is 4.00. The molecule has 0 aliphatic heterocycles. The molecule has 0 bridgehead atoms. The highest BCUT2D eigenvalue weighted by molar-refractivity contribution is 5.86. The number of nitrogens with zero attached hydrogens (tertiary/aromatic N) is 6. The van der Waals surface area contributed by atoms with Crippen molar-refractivity contribution in [3.63, 3.8) is 0 Å². The molecule has 5 aromatic rings. The summed E-state index contributed by atoms with van der Waals surface area (Å²) in [7, 11) is 0. The van der Waals surface area contributed by atoms with Crippen molar-refractivity contribution in [3.8, 4) is 0 Å². The Morgan fingerprint density at radius 2 is 1.85 bits per heavy atom. The SMILES string of the molecule is Cc1cccc2cc(CN(Cc3cccnc3)C(=O)NCc3ccccc3)c3nnnn3c12. The number of aromatic nitrogens is 5. The van der Waals surface area contributed by atoms with Crippen LogP contribution in [0.1, 0.15) is 22.3 Å². The molecule has 8 heteroatoms. The number of hydrogen-bond acceptors (Lipinski definition) is 5. The molecule has 0 atom stereocenters. The highest BCUT2D eigenvalue weighted by Gasteiger charge is 2.19. The van der Waals surface area contributed by atoms with E-state index in [2.05, 4.69) is 31.9 Å². The molecule has 0 radical (unpaired) electrons. The number of carbonyl (C=O) groups excluding carboxylic acids is 1. The standard InChI is InChI=1S/C25H23N7O/c1-18-7-5-11-21-13-22(24-28-29-30-32(24)23(18)21)17-31(16-20-10-6-12-26-14-20)25(33)27-15-19-8-3-2-4-9-19/h2-14H,15-17H2,1H3,(H,27,33). The molecule has 5 rings (SSSR count). The summed E-state index contributed by atoms with van der Waals surface area (Å²) in [4.78, 5) is 19.2. The third kappa shape index (κ3) is 4.36. The number of tetrazole rings is 1. The van der Waals surface area contributed by atoms with E-state index in [1.165, 1.54) is 0 Å². The first-order valence-corrected chi connectivity index (χ1v) is 10.7. The average Bonchev–Trinajstić information content (AvgIpc) is 3.34. The maximum absolute atomic E-state index is 13.3. The van der Waals surface area contributed by atoms with E-state index in [9.17, 15) is 4.79 Å². The van der Waals surface area contributed by atoms with Crippen LogP contribution in [-0.4, -0.2) is 36.0 Å². The van der Waals surface area contributed by atoms with E-state index in [0.29, 0.717) is 25.3 Å². The van der Waals surface area contributed by atoms with Gasteiger partial charge >= 0.3 is 6.03 Å². The summed E-state index contributed by atoms with van der Waals surface area (Å²) < 4.78 is 1.75. The lowest BCUT2D eigenvalue weighted by Crippen LogP contribution is -2.39. The van der Waals surface area contributed by atoms with Gasteiger partial charge in [0.2, 0.25) is 0 Å². The smallest absolute Gasteiger partial charge is 0.318 e. The van der Waals surface area contributed by atoms with Gasteiger partial charge in [-0.2, -0.15) is 4.52 Å². The van der Waals surface area contributed by atoms with E-state index in [0.717, 1.165) is 33.2 Å². The Labute approximate surface area is 190 Å². The summed E-state index contributed by atoms with van der Waals surface area (Å²) in [5.41, 5.74) is 5.55. The molecule has 0 unspecified atom stereocenters. The summed E-state index contributed by atoms with van der Waals surface area (Å²) >= 11 is 0. The van der Waals surface area contributed by atoms with Gasteiger partial charge in [0, 0.05) is 36.4 Å². The predicted molar refractivity (Wildman–Crippen MR) is 125 cm³/mol. The van der Waals surface area contributed by atoms with Crippen molar-refractivity contribution in [2.45, 2.75) is 26.6 Å². The first kappa shape index (κ1) is 20.6. The van der Waals surface area contributed by atoms with Gasteiger partial charge in [-0.3, -0.25) is 4.98 Å². The number of carbonyl (C=O) groups is 1. The number of amides is 2. The molecule has 2 amide bonds. The largest absolute Gasteiger partial charge is 0.334 e. The molecule has 1 N–H and O–H groups in total. The van der Waals surface area contributed by atoms with E-state index in [4.69, 9.17) is 0 Å². The first-order valence-electron chi connectivity index (χ1n) is 10.7. The van der Waals surface area contributed by atoms with Crippen molar-refractivity contribution in [2.24, 2.45) is 0 Å². The maximum Gasteiger partial charge on any atom is 0.318 e. The van der Waals surface area contributed by atoms with Crippen LogP contribution in [0.15, 0.2) is 79.1 Å². The second-order valence-electron chi connectivity index (χ2n) is 7.96. The van der Waals surface area contributed by atoms with Gasteiger partial charge < -0.3 is 10.2 Å². The molecule has 3 heterocycles. The Morgan fingerprint density at radius 1 is 1.00 bits per heavy atom. The minimum Gasteiger partial charge on any atom is -0.334 e. The lowest BCUT2D eigenvalue weighted by atomic mass is 10.1. The summed E-state index contributed by atoms with van der Waals surface area (Å²) in [5, 5.41) is 16.4. The van der Waals surface area contributed by atoms with Gasteiger partial charge in [-0.1, -0.05) is 54.6 Å². The second kappa shape index (κ2) is 9.04. The molecule has 0 aliphatic carbocycles. The lowest BCUT2D eigenvalue weighted by Gasteiger charge is -2.24. The average molecular weight is 438 g/mol. The number of hydrogen-bond donors (Lipinski definition) is 1. The number of aryl methyl sites for hydroxylation is 1.